The van der Waals surface area contributed by atoms with Crippen LogP contribution in [-0.2, 0) is 8.92 Å². The van der Waals surface area contributed by atoms with Crippen molar-refractivity contribution in [2.45, 2.75) is 44.4 Å². The summed E-state index contributed by atoms with van der Waals surface area (Å²) >= 11 is 0. The fourth-order valence-corrected chi connectivity index (χ4v) is 6.10. The van der Waals surface area contributed by atoms with Gasteiger partial charge in [-0.2, -0.15) is 0 Å². The van der Waals surface area contributed by atoms with Gasteiger partial charge >= 0.3 is 0 Å². The molecule has 0 radical (unpaired) electrons. The van der Waals surface area contributed by atoms with Crippen molar-refractivity contribution in [1.82, 2.24) is 15.3 Å². The number of anilines is 2. The number of aromatic nitrogens is 2. The summed E-state index contributed by atoms with van der Waals surface area (Å²) in [7, 11) is -1.30. The average molecular weight is 602 g/mol. The molecule has 5 rings (SSSR count). The van der Waals surface area contributed by atoms with Crippen LogP contribution < -0.4 is 15.1 Å². The van der Waals surface area contributed by atoms with Crippen LogP contribution in [0.15, 0.2) is 36.5 Å². The fraction of sp³-hybridized carbons (Fsp3) is 0.516. The zero-order valence-electron chi connectivity index (χ0n) is 25.1. The number of hydrogen-bond acceptors (Lipinski definition) is 7. The van der Waals surface area contributed by atoms with E-state index in [4.69, 9.17) is 18.9 Å². The van der Waals surface area contributed by atoms with Gasteiger partial charge in [0.1, 0.15) is 23.0 Å². The van der Waals surface area contributed by atoms with Gasteiger partial charge < -0.3 is 24.0 Å². The van der Waals surface area contributed by atoms with E-state index in [1.165, 1.54) is 12.1 Å². The summed E-state index contributed by atoms with van der Waals surface area (Å²) < 4.78 is 40.1. The number of morpholine rings is 1. The molecule has 3 aromatic rings. The number of ether oxygens (including phenoxy) is 1. The van der Waals surface area contributed by atoms with E-state index in [2.05, 4.69) is 48.4 Å². The van der Waals surface area contributed by atoms with Crippen molar-refractivity contribution in [2.24, 2.45) is 0 Å². The highest BCUT2D eigenvalue weighted by atomic mass is 32.3. The number of amides is 1. The number of carbonyl (C=O) groups excluding carboxylic acids is 1. The van der Waals surface area contributed by atoms with Crippen LogP contribution in [0.1, 0.15) is 55.6 Å². The minimum atomic E-state index is -1.30. The van der Waals surface area contributed by atoms with Gasteiger partial charge in [-0.05, 0) is 55.2 Å². The highest BCUT2D eigenvalue weighted by Crippen LogP contribution is 2.53. The highest BCUT2D eigenvalue weighted by Gasteiger charge is 2.31. The first-order valence-electron chi connectivity index (χ1n) is 14.4. The molecule has 2 aliphatic rings. The first-order valence-corrected chi connectivity index (χ1v) is 16.8. The van der Waals surface area contributed by atoms with Crippen molar-refractivity contribution < 1.29 is 22.5 Å². The van der Waals surface area contributed by atoms with Gasteiger partial charge in [0, 0.05) is 42.6 Å². The number of carbonyl (C=O) groups is 1. The molecule has 1 atom stereocenters. The minimum absolute atomic E-state index is 0.0276. The van der Waals surface area contributed by atoms with Crippen molar-refractivity contribution in [3.05, 3.63) is 59.3 Å². The molecule has 0 bridgehead atoms. The van der Waals surface area contributed by atoms with Crippen molar-refractivity contribution in [2.75, 3.05) is 68.3 Å². The molecule has 42 heavy (non-hydrogen) atoms. The summed E-state index contributed by atoms with van der Waals surface area (Å²) in [6.45, 7) is 10.6. The van der Waals surface area contributed by atoms with Crippen LogP contribution in [0.5, 0.6) is 0 Å². The molecular weight excluding hydrogens is 560 g/mol. The van der Waals surface area contributed by atoms with Gasteiger partial charge in [-0.3, -0.25) is 9.78 Å². The summed E-state index contributed by atoms with van der Waals surface area (Å²) in [5.41, 5.74) is 2.97. The van der Waals surface area contributed by atoms with Gasteiger partial charge in [0.25, 0.3) is 5.91 Å². The van der Waals surface area contributed by atoms with Crippen LogP contribution in [0.4, 0.5) is 20.3 Å². The van der Waals surface area contributed by atoms with E-state index in [1.54, 1.807) is 12.3 Å². The molecule has 2 saturated heterocycles. The lowest BCUT2D eigenvalue weighted by Gasteiger charge is -2.43. The van der Waals surface area contributed by atoms with Crippen molar-refractivity contribution in [1.29, 1.82) is 0 Å². The minimum Gasteiger partial charge on any atom is -0.378 e. The molecule has 8 nitrogen and oxygen atoms in total. The van der Waals surface area contributed by atoms with Crippen LogP contribution in [0.3, 0.4) is 0 Å². The summed E-state index contributed by atoms with van der Waals surface area (Å²) in [5.74, 6) is -0.722. The fourth-order valence-electron chi connectivity index (χ4n) is 5.25. The molecule has 1 unspecified atom stereocenters. The molecule has 11 heteroatoms. The van der Waals surface area contributed by atoms with Gasteiger partial charge in [-0.1, -0.05) is 20.8 Å². The average Bonchev–Trinajstić information content (AvgIpc) is 3.44. The van der Waals surface area contributed by atoms with Gasteiger partial charge in [0.15, 0.2) is 0 Å². The molecule has 3 heterocycles. The van der Waals surface area contributed by atoms with Crippen molar-refractivity contribution >= 4 is 38.8 Å². The maximum atomic E-state index is 14.2. The Morgan fingerprint density at radius 1 is 1.10 bits per heavy atom. The zero-order valence-corrected chi connectivity index (χ0v) is 25.9. The smallest absolute Gasteiger partial charge is 0.251 e. The van der Waals surface area contributed by atoms with Gasteiger partial charge in [-0.25, -0.2) is 13.8 Å². The number of nitrogens with zero attached hydrogens (tertiary/aromatic N) is 4. The van der Waals surface area contributed by atoms with E-state index < -0.39 is 21.9 Å². The largest absolute Gasteiger partial charge is 0.378 e. The number of benzene rings is 2. The van der Waals surface area contributed by atoms with Gasteiger partial charge in [0.2, 0.25) is 0 Å². The normalized spacial score (nSPS) is 18.5. The Bertz CT molecular complexity index is 1420. The summed E-state index contributed by atoms with van der Waals surface area (Å²) in [6, 6.07) is 6.98. The number of nitrogens with one attached hydrogen (secondary N) is 1. The lowest BCUT2D eigenvalue weighted by molar-refractivity contribution is 0.0948. The molecule has 228 valence electrons. The van der Waals surface area contributed by atoms with E-state index in [9.17, 15) is 13.6 Å². The lowest BCUT2D eigenvalue weighted by atomic mass is 10.0. The third kappa shape index (κ3) is 6.63. The molecule has 1 amide bonds. The monoisotopic (exact) mass is 601 g/mol. The SMILES string of the molecule is CC(C)(C)S(C)(C)OCCNC(=O)c1cc(N2CCCC2c2cc(F)cc(F)c2)c2nc(N3CCOCC3)cnc2c1. The summed E-state index contributed by atoms with van der Waals surface area (Å²) in [5, 5.41) is 2.99. The Morgan fingerprint density at radius 3 is 2.50 bits per heavy atom. The Balaban J connectivity index is 1.47. The van der Waals surface area contributed by atoms with Crippen molar-refractivity contribution in [3.63, 3.8) is 0 Å². The third-order valence-corrected chi connectivity index (χ3v) is 12.0. The molecular formula is C31H41F2N5O3S. The second kappa shape index (κ2) is 12.3. The van der Waals surface area contributed by atoms with Crippen LogP contribution in [-0.4, -0.2) is 79.1 Å². The molecule has 2 aliphatic heterocycles. The molecule has 1 aromatic heterocycles. The number of hydrogen-bond donors (Lipinski definition) is 1. The molecule has 1 N–H and O–H groups in total. The second-order valence-corrected chi connectivity index (χ2v) is 16.1. The molecule has 2 aromatic carbocycles. The summed E-state index contributed by atoms with van der Waals surface area (Å²) in [6.07, 6.45) is 7.55. The lowest BCUT2D eigenvalue weighted by Crippen LogP contribution is -2.36. The molecule has 0 spiro atoms. The van der Waals surface area contributed by atoms with Gasteiger partial charge in [0.05, 0.1) is 43.3 Å². The van der Waals surface area contributed by atoms with E-state index >= 15 is 0 Å². The Hall–Kier alpha value is -3.02. The van der Waals surface area contributed by atoms with Crippen molar-refractivity contribution in [3.8, 4) is 0 Å². The van der Waals surface area contributed by atoms with E-state index in [0.29, 0.717) is 68.2 Å². The topological polar surface area (TPSA) is 79.8 Å². The van der Waals surface area contributed by atoms with E-state index in [1.807, 2.05) is 6.07 Å². The Kier molecular flexibility index (Phi) is 8.91. The first kappa shape index (κ1) is 30.4. The Morgan fingerprint density at radius 2 is 1.81 bits per heavy atom. The quantitative estimate of drug-likeness (QED) is 0.336. The molecule has 2 fully saturated rings. The number of fused-ring (bicyclic) bond motifs is 1. The van der Waals surface area contributed by atoms with Gasteiger partial charge in [-0.15, -0.1) is 10.3 Å². The third-order valence-electron chi connectivity index (χ3n) is 8.28. The highest BCUT2D eigenvalue weighted by molar-refractivity contribution is 8.29. The van der Waals surface area contributed by atoms with Crippen LogP contribution in [0.2, 0.25) is 0 Å². The predicted molar refractivity (Wildman–Crippen MR) is 166 cm³/mol. The van der Waals surface area contributed by atoms with E-state index in [0.717, 1.165) is 30.4 Å². The summed E-state index contributed by atoms with van der Waals surface area (Å²) in [4.78, 5) is 27.3. The molecule has 0 aliphatic carbocycles. The maximum Gasteiger partial charge on any atom is 0.251 e. The predicted octanol–water partition coefficient (Wildman–Crippen LogP) is 5.61. The number of rotatable bonds is 8. The van der Waals surface area contributed by atoms with Crippen LogP contribution >= 0.6 is 10.3 Å². The first-order chi connectivity index (χ1) is 19.9. The standard InChI is InChI=1S/C31H41F2N5O3S/c1-31(2,3)42(4,5)41-12-8-34-30(39)22-17-25-29(36-28(20-35-25)37-10-13-40-14-11-37)27(18-22)38-9-6-7-26(38)21-15-23(32)19-24(33)16-21/h15-20,26H,6-14H2,1-5H3,(H,34,39). The van der Waals surface area contributed by atoms with Crippen LogP contribution in [0, 0.1) is 11.6 Å². The zero-order chi connectivity index (χ0) is 30.1. The molecule has 0 saturated carbocycles. The van der Waals surface area contributed by atoms with Crippen LogP contribution in [0.25, 0.3) is 11.0 Å². The number of halogens is 2. The second-order valence-electron chi connectivity index (χ2n) is 12.2. The van der Waals surface area contributed by atoms with E-state index in [-0.39, 0.29) is 16.7 Å². The Labute approximate surface area is 248 Å². The maximum absolute atomic E-state index is 14.2.